The fraction of sp³-hybridized carbons (Fsp3) is 0.150. The summed E-state index contributed by atoms with van der Waals surface area (Å²) in [4.78, 5) is 93.9. The number of nitrogens with zero attached hydrogens (tertiary/aromatic N) is 2. The molecule has 7 rings (SSSR count). The van der Waals surface area contributed by atoms with E-state index in [2.05, 4.69) is 5.10 Å². The molecule has 0 radical (unpaired) electrons. The van der Waals surface area contributed by atoms with Crippen molar-refractivity contribution in [2.75, 3.05) is 7.11 Å². The van der Waals surface area contributed by atoms with Gasteiger partial charge >= 0.3 is 23.9 Å². The van der Waals surface area contributed by atoms with Crippen molar-refractivity contribution in [3.05, 3.63) is 86.8 Å². The standard InChI is InChI=1S/C40H28N2O14/c1-15-24(53-16(2)43)13-23-27(36(15)54-17(3)44)34(49)31-30(32(23)47)39(56-19(5)46)28-26-22(33(48)35(50)29(28)37(31)52-6)12-20-14-41-42(21-10-8-7-9-11-21)40(51)25(20)38(26)55-18(4)45/h7-14,48,50H,1-6H3. The average molecular weight is 761 g/mol. The number of ketones is 2. The number of aromatic hydroxyl groups is 2. The first-order valence-corrected chi connectivity index (χ1v) is 16.6. The van der Waals surface area contributed by atoms with Crippen LogP contribution in [0.15, 0.2) is 53.5 Å². The lowest BCUT2D eigenvalue weighted by Gasteiger charge is -2.27. The highest BCUT2D eigenvalue weighted by atomic mass is 16.6. The van der Waals surface area contributed by atoms with Gasteiger partial charge in [-0.25, -0.2) is 0 Å². The normalized spacial score (nSPS) is 12.0. The van der Waals surface area contributed by atoms with Crippen molar-refractivity contribution < 1.29 is 62.7 Å². The number of carbonyl (C=O) groups excluding carboxylic acids is 6. The van der Waals surface area contributed by atoms with Crippen molar-refractivity contribution in [1.82, 2.24) is 9.78 Å². The van der Waals surface area contributed by atoms with Crippen LogP contribution in [0.1, 0.15) is 65.1 Å². The molecule has 1 aliphatic rings. The number of para-hydroxylation sites is 1. The Balaban J connectivity index is 1.74. The SMILES string of the molecule is COc1c2c(c(OC(C)=O)c3c1c(O)c(O)c1cc4cnn(-c5ccccc5)c(=O)c4c(OC(C)=O)c13)C(=O)c1cc(OC(C)=O)c(C)c(OC(C)=O)c1C2=O. The van der Waals surface area contributed by atoms with Crippen molar-refractivity contribution in [3.63, 3.8) is 0 Å². The second kappa shape index (κ2) is 13.3. The molecule has 1 aliphatic carbocycles. The Morgan fingerprint density at radius 2 is 1.23 bits per heavy atom. The summed E-state index contributed by atoms with van der Waals surface area (Å²) in [6, 6.07) is 10.6. The maximum absolute atomic E-state index is 14.8. The van der Waals surface area contributed by atoms with E-state index in [0.717, 1.165) is 45.6 Å². The van der Waals surface area contributed by atoms with Gasteiger partial charge in [0.25, 0.3) is 5.56 Å². The Hall–Kier alpha value is -7.62. The lowest BCUT2D eigenvalue weighted by atomic mass is 9.79. The highest BCUT2D eigenvalue weighted by molar-refractivity contribution is 6.36. The molecule has 1 heterocycles. The first kappa shape index (κ1) is 36.7. The molecular weight excluding hydrogens is 732 g/mol. The first-order valence-electron chi connectivity index (χ1n) is 16.6. The zero-order chi connectivity index (χ0) is 40.5. The van der Waals surface area contributed by atoms with Crippen LogP contribution in [0.5, 0.6) is 40.2 Å². The number of ether oxygens (including phenoxy) is 5. The van der Waals surface area contributed by atoms with Gasteiger partial charge in [-0.05, 0) is 31.2 Å². The quantitative estimate of drug-likeness (QED) is 0.0756. The van der Waals surface area contributed by atoms with Crippen LogP contribution in [0, 0.1) is 6.92 Å². The fourth-order valence-corrected chi connectivity index (χ4v) is 6.94. The summed E-state index contributed by atoms with van der Waals surface area (Å²) in [5, 5.41) is 25.9. The van der Waals surface area contributed by atoms with E-state index in [-0.39, 0.29) is 38.2 Å². The third-order valence-electron chi connectivity index (χ3n) is 9.01. The van der Waals surface area contributed by atoms with Gasteiger partial charge in [0, 0.05) is 60.4 Å². The van der Waals surface area contributed by atoms with Crippen LogP contribution >= 0.6 is 0 Å². The molecule has 0 amide bonds. The minimum atomic E-state index is -1.03. The predicted molar refractivity (Wildman–Crippen MR) is 196 cm³/mol. The summed E-state index contributed by atoms with van der Waals surface area (Å²) in [5.41, 5.74) is -2.54. The topological polar surface area (TPSA) is 224 Å². The molecule has 2 N–H and O–H groups in total. The second-order valence-electron chi connectivity index (χ2n) is 12.6. The third kappa shape index (κ3) is 5.53. The number of benzene rings is 5. The highest BCUT2D eigenvalue weighted by Crippen LogP contribution is 2.57. The molecule has 0 atom stereocenters. The molecule has 16 heteroatoms. The van der Waals surface area contributed by atoms with Crippen LogP contribution in [0.3, 0.4) is 0 Å². The first-order chi connectivity index (χ1) is 26.6. The molecule has 1 aromatic heterocycles. The van der Waals surface area contributed by atoms with E-state index in [9.17, 15) is 43.8 Å². The van der Waals surface area contributed by atoms with Crippen molar-refractivity contribution in [2.24, 2.45) is 0 Å². The van der Waals surface area contributed by atoms with Crippen LogP contribution in [0.2, 0.25) is 0 Å². The largest absolute Gasteiger partial charge is 0.504 e. The fourth-order valence-electron chi connectivity index (χ4n) is 6.94. The van der Waals surface area contributed by atoms with Gasteiger partial charge in [0.1, 0.15) is 17.2 Å². The van der Waals surface area contributed by atoms with Crippen LogP contribution in [0.25, 0.3) is 38.0 Å². The molecule has 0 saturated carbocycles. The lowest BCUT2D eigenvalue weighted by Crippen LogP contribution is -2.26. The van der Waals surface area contributed by atoms with E-state index in [1.165, 1.54) is 19.2 Å². The molecule has 6 aromatic rings. The van der Waals surface area contributed by atoms with Gasteiger partial charge in [0.15, 0.2) is 28.8 Å². The van der Waals surface area contributed by atoms with Gasteiger partial charge in [-0.1, -0.05) is 18.2 Å². The number of methoxy groups -OCH3 is 1. The number of hydrogen-bond donors (Lipinski definition) is 2. The van der Waals surface area contributed by atoms with Crippen LogP contribution in [-0.2, 0) is 19.2 Å². The summed E-state index contributed by atoms with van der Waals surface area (Å²) >= 11 is 0. The molecule has 0 unspecified atom stereocenters. The van der Waals surface area contributed by atoms with E-state index in [1.807, 2.05) is 0 Å². The minimum absolute atomic E-state index is 0.00116. The van der Waals surface area contributed by atoms with Gasteiger partial charge in [-0.3, -0.25) is 33.6 Å². The molecule has 282 valence electrons. The number of phenols is 2. The van der Waals surface area contributed by atoms with Crippen LogP contribution in [0.4, 0.5) is 0 Å². The van der Waals surface area contributed by atoms with Gasteiger partial charge in [0.05, 0.1) is 46.5 Å². The van der Waals surface area contributed by atoms with E-state index in [4.69, 9.17) is 23.7 Å². The Labute approximate surface area is 314 Å². The molecule has 0 bridgehead atoms. The molecule has 16 nitrogen and oxygen atoms in total. The molecular formula is C40H28N2O14. The third-order valence-corrected chi connectivity index (χ3v) is 9.01. The number of phenolic OH excluding ortho intramolecular Hbond substituents is 2. The van der Waals surface area contributed by atoms with Crippen molar-refractivity contribution in [2.45, 2.75) is 34.6 Å². The zero-order valence-corrected chi connectivity index (χ0v) is 30.3. The summed E-state index contributed by atoms with van der Waals surface area (Å²) in [5.74, 6) is -9.83. The van der Waals surface area contributed by atoms with Gasteiger partial charge in [0.2, 0.25) is 5.78 Å². The zero-order valence-electron chi connectivity index (χ0n) is 30.3. The Morgan fingerprint density at radius 1 is 0.643 bits per heavy atom. The number of hydrogen-bond acceptors (Lipinski definition) is 15. The number of carbonyl (C=O) groups is 6. The Bertz CT molecular complexity index is 2890. The van der Waals surface area contributed by atoms with Gasteiger partial charge in [-0.15, -0.1) is 0 Å². The monoisotopic (exact) mass is 760 g/mol. The van der Waals surface area contributed by atoms with Gasteiger partial charge in [-0.2, -0.15) is 9.78 Å². The number of esters is 4. The van der Waals surface area contributed by atoms with Crippen molar-refractivity contribution in [3.8, 4) is 45.9 Å². The molecule has 0 spiro atoms. The van der Waals surface area contributed by atoms with E-state index >= 15 is 0 Å². The minimum Gasteiger partial charge on any atom is -0.504 e. The van der Waals surface area contributed by atoms with Crippen molar-refractivity contribution in [1.29, 1.82) is 0 Å². The molecule has 0 fully saturated rings. The number of aromatic nitrogens is 2. The molecule has 0 aliphatic heterocycles. The lowest BCUT2D eigenvalue weighted by molar-refractivity contribution is -0.133. The molecule has 56 heavy (non-hydrogen) atoms. The second-order valence-corrected chi connectivity index (χ2v) is 12.6. The summed E-state index contributed by atoms with van der Waals surface area (Å²) < 4.78 is 28.8. The summed E-state index contributed by atoms with van der Waals surface area (Å²) in [7, 11) is 1.09. The van der Waals surface area contributed by atoms with E-state index < -0.39 is 103 Å². The van der Waals surface area contributed by atoms with E-state index in [0.29, 0.717) is 5.69 Å². The van der Waals surface area contributed by atoms with Gasteiger partial charge < -0.3 is 33.9 Å². The van der Waals surface area contributed by atoms with Crippen LogP contribution < -0.4 is 29.2 Å². The average Bonchev–Trinajstić information content (AvgIpc) is 3.13. The highest BCUT2D eigenvalue weighted by Gasteiger charge is 2.43. The predicted octanol–water partition coefficient (Wildman–Crippen LogP) is 4.90. The maximum Gasteiger partial charge on any atom is 0.308 e. The molecule has 5 aromatic carbocycles. The van der Waals surface area contributed by atoms with Crippen molar-refractivity contribution >= 4 is 67.8 Å². The maximum atomic E-state index is 14.8. The Morgan fingerprint density at radius 3 is 1.84 bits per heavy atom. The smallest absolute Gasteiger partial charge is 0.308 e. The number of rotatable bonds is 6. The van der Waals surface area contributed by atoms with E-state index in [1.54, 1.807) is 30.3 Å². The van der Waals surface area contributed by atoms with Crippen LogP contribution in [-0.4, -0.2) is 62.5 Å². The Kier molecular flexibility index (Phi) is 8.75. The molecule has 0 saturated heterocycles. The summed E-state index contributed by atoms with van der Waals surface area (Å²) in [6.45, 7) is 5.54. The number of fused-ring (bicyclic) bond motifs is 6. The summed E-state index contributed by atoms with van der Waals surface area (Å²) in [6.07, 6.45) is 1.26.